The van der Waals surface area contributed by atoms with E-state index in [0.717, 1.165) is 45.3 Å². The van der Waals surface area contributed by atoms with Crippen molar-refractivity contribution in [1.29, 1.82) is 0 Å². The summed E-state index contributed by atoms with van der Waals surface area (Å²) >= 11 is 0. The molecule has 17 heavy (non-hydrogen) atoms. The Morgan fingerprint density at radius 1 is 1.41 bits per heavy atom. The van der Waals surface area contributed by atoms with Crippen LogP contribution in [0.2, 0.25) is 0 Å². The molecule has 1 aliphatic carbocycles. The van der Waals surface area contributed by atoms with Crippen molar-refractivity contribution in [2.24, 2.45) is 17.6 Å². The summed E-state index contributed by atoms with van der Waals surface area (Å²) in [7, 11) is 0. The van der Waals surface area contributed by atoms with Gasteiger partial charge in [-0.2, -0.15) is 0 Å². The predicted molar refractivity (Wildman–Crippen MR) is 68.7 cm³/mol. The van der Waals surface area contributed by atoms with Crippen molar-refractivity contribution in [1.82, 2.24) is 10.2 Å². The van der Waals surface area contributed by atoms with Crippen LogP contribution in [0.1, 0.15) is 39.0 Å². The number of likely N-dealkylation sites (tertiary alicyclic amines) is 1. The fourth-order valence-electron chi connectivity index (χ4n) is 3.02. The zero-order chi connectivity index (χ0) is 12.3. The molecule has 2 rings (SSSR count). The largest absolute Gasteiger partial charge is 0.338 e. The van der Waals surface area contributed by atoms with Gasteiger partial charge in [0.05, 0.1) is 0 Å². The van der Waals surface area contributed by atoms with Crippen LogP contribution in [0.15, 0.2) is 0 Å². The van der Waals surface area contributed by atoms with E-state index >= 15 is 0 Å². The summed E-state index contributed by atoms with van der Waals surface area (Å²) in [6, 6.07) is 0.476. The fourth-order valence-corrected chi connectivity index (χ4v) is 3.02. The quantitative estimate of drug-likeness (QED) is 0.768. The lowest BCUT2D eigenvalue weighted by atomic mass is 10.0. The zero-order valence-electron chi connectivity index (χ0n) is 10.8. The molecule has 1 heterocycles. The van der Waals surface area contributed by atoms with Crippen LogP contribution in [0.5, 0.6) is 0 Å². The van der Waals surface area contributed by atoms with Gasteiger partial charge in [0.15, 0.2) is 0 Å². The molecule has 3 atom stereocenters. The number of urea groups is 1. The van der Waals surface area contributed by atoms with Gasteiger partial charge >= 0.3 is 6.03 Å². The minimum Gasteiger partial charge on any atom is -0.338 e. The normalized spacial score (nSPS) is 33.8. The molecule has 1 aliphatic heterocycles. The van der Waals surface area contributed by atoms with Gasteiger partial charge in [-0.1, -0.05) is 6.92 Å². The summed E-state index contributed by atoms with van der Waals surface area (Å²) in [5, 5.41) is 3.07. The number of nitrogens with zero attached hydrogens (tertiary/aromatic N) is 1. The van der Waals surface area contributed by atoms with Crippen LogP contribution in [0.25, 0.3) is 0 Å². The average molecular weight is 239 g/mol. The van der Waals surface area contributed by atoms with E-state index in [-0.39, 0.29) is 6.03 Å². The number of amides is 2. The third kappa shape index (κ3) is 3.60. The molecule has 0 bridgehead atoms. The highest BCUT2D eigenvalue weighted by molar-refractivity contribution is 5.74. The Hall–Kier alpha value is -0.770. The molecule has 98 valence electrons. The summed E-state index contributed by atoms with van der Waals surface area (Å²) < 4.78 is 0. The number of hydrogen-bond donors (Lipinski definition) is 2. The molecule has 0 aromatic carbocycles. The van der Waals surface area contributed by atoms with Gasteiger partial charge < -0.3 is 16.0 Å². The van der Waals surface area contributed by atoms with Gasteiger partial charge in [-0.15, -0.1) is 0 Å². The first-order valence-electron chi connectivity index (χ1n) is 6.93. The Morgan fingerprint density at radius 3 is 2.88 bits per heavy atom. The summed E-state index contributed by atoms with van der Waals surface area (Å²) in [5.74, 6) is 1.24. The molecule has 2 fully saturated rings. The summed E-state index contributed by atoms with van der Waals surface area (Å²) in [6.45, 7) is 4.85. The summed E-state index contributed by atoms with van der Waals surface area (Å²) in [4.78, 5) is 13.9. The van der Waals surface area contributed by atoms with E-state index < -0.39 is 0 Å². The lowest BCUT2D eigenvalue weighted by Crippen LogP contribution is -2.46. The SMILES string of the molecule is CC1CCCN(C(=O)NCC2CCC(N)C2)C1. The monoisotopic (exact) mass is 239 g/mol. The van der Waals surface area contributed by atoms with E-state index in [1.165, 1.54) is 6.42 Å². The van der Waals surface area contributed by atoms with Gasteiger partial charge in [-0.3, -0.25) is 0 Å². The zero-order valence-corrected chi connectivity index (χ0v) is 10.8. The van der Waals surface area contributed by atoms with E-state index in [1.54, 1.807) is 0 Å². The minimum absolute atomic E-state index is 0.122. The van der Waals surface area contributed by atoms with Crippen molar-refractivity contribution in [3.05, 3.63) is 0 Å². The second-order valence-electron chi connectivity index (χ2n) is 5.82. The molecular formula is C13H25N3O. The van der Waals surface area contributed by atoms with Crippen molar-refractivity contribution >= 4 is 6.03 Å². The van der Waals surface area contributed by atoms with Gasteiger partial charge in [0, 0.05) is 25.7 Å². The van der Waals surface area contributed by atoms with Gasteiger partial charge in [-0.25, -0.2) is 4.79 Å². The van der Waals surface area contributed by atoms with Gasteiger partial charge in [0.2, 0.25) is 0 Å². The first-order valence-corrected chi connectivity index (χ1v) is 6.93. The molecule has 0 spiro atoms. The van der Waals surface area contributed by atoms with Crippen molar-refractivity contribution in [3.63, 3.8) is 0 Å². The molecule has 0 radical (unpaired) electrons. The van der Waals surface area contributed by atoms with Crippen molar-refractivity contribution in [3.8, 4) is 0 Å². The van der Waals surface area contributed by atoms with E-state index in [1.807, 2.05) is 4.90 Å². The van der Waals surface area contributed by atoms with Crippen LogP contribution in [0, 0.1) is 11.8 Å². The van der Waals surface area contributed by atoms with E-state index in [9.17, 15) is 4.79 Å². The van der Waals surface area contributed by atoms with Crippen LogP contribution in [0.3, 0.4) is 0 Å². The molecule has 1 saturated carbocycles. The Labute approximate surface area is 104 Å². The van der Waals surface area contributed by atoms with Crippen molar-refractivity contribution in [2.45, 2.75) is 45.1 Å². The topological polar surface area (TPSA) is 58.4 Å². The third-order valence-corrected chi connectivity index (χ3v) is 4.07. The number of piperidine rings is 1. The lowest BCUT2D eigenvalue weighted by molar-refractivity contribution is 0.168. The summed E-state index contributed by atoms with van der Waals surface area (Å²) in [5.41, 5.74) is 5.87. The Balaban J connectivity index is 1.69. The number of nitrogens with two attached hydrogens (primary N) is 1. The van der Waals surface area contributed by atoms with Crippen LogP contribution in [0.4, 0.5) is 4.79 Å². The first kappa shape index (κ1) is 12.7. The molecule has 0 aromatic rings. The van der Waals surface area contributed by atoms with E-state index in [0.29, 0.717) is 17.9 Å². The second-order valence-corrected chi connectivity index (χ2v) is 5.82. The van der Waals surface area contributed by atoms with E-state index in [4.69, 9.17) is 5.73 Å². The molecule has 2 amide bonds. The average Bonchev–Trinajstić information content (AvgIpc) is 2.72. The number of carbonyl (C=O) groups excluding carboxylic acids is 1. The maximum absolute atomic E-state index is 12.0. The highest BCUT2D eigenvalue weighted by Crippen LogP contribution is 2.23. The van der Waals surface area contributed by atoms with Crippen molar-refractivity contribution < 1.29 is 4.79 Å². The highest BCUT2D eigenvalue weighted by Gasteiger charge is 2.24. The molecule has 2 aliphatic rings. The molecule has 1 saturated heterocycles. The Kier molecular flexibility index (Phi) is 4.26. The Morgan fingerprint density at radius 2 is 2.24 bits per heavy atom. The lowest BCUT2D eigenvalue weighted by Gasteiger charge is -2.31. The third-order valence-electron chi connectivity index (χ3n) is 4.07. The smallest absolute Gasteiger partial charge is 0.317 e. The van der Waals surface area contributed by atoms with Crippen LogP contribution >= 0.6 is 0 Å². The van der Waals surface area contributed by atoms with Gasteiger partial charge in [0.25, 0.3) is 0 Å². The molecular weight excluding hydrogens is 214 g/mol. The standard InChI is InChI=1S/C13H25N3O/c1-10-3-2-6-16(9-10)13(17)15-8-11-4-5-12(14)7-11/h10-12H,2-9,14H2,1H3,(H,15,17). The number of nitrogens with one attached hydrogen (secondary N) is 1. The molecule has 4 nitrogen and oxygen atoms in total. The number of hydrogen-bond acceptors (Lipinski definition) is 2. The maximum Gasteiger partial charge on any atom is 0.317 e. The maximum atomic E-state index is 12.0. The molecule has 4 heteroatoms. The van der Waals surface area contributed by atoms with Crippen molar-refractivity contribution in [2.75, 3.05) is 19.6 Å². The predicted octanol–water partition coefficient (Wildman–Crippen LogP) is 1.56. The first-order chi connectivity index (χ1) is 8.15. The van der Waals surface area contributed by atoms with Crippen LogP contribution in [-0.2, 0) is 0 Å². The number of rotatable bonds is 2. The minimum atomic E-state index is 0.122. The molecule has 0 aromatic heterocycles. The second kappa shape index (κ2) is 5.71. The van der Waals surface area contributed by atoms with Gasteiger partial charge in [-0.05, 0) is 43.9 Å². The molecule has 3 N–H and O–H groups in total. The number of carbonyl (C=O) groups is 1. The highest BCUT2D eigenvalue weighted by atomic mass is 16.2. The van der Waals surface area contributed by atoms with Crippen LogP contribution in [-0.4, -0.2) is 36.6 Å². The Bertz CT molecular complexity index is 269. The van der Waals surface area contributed by atoms with Crippen LogP contribution < -0.4 is 11.1 Å². The fraction of sp³-hybridized carbons (Fsp3) is 0.923. The molecule has 3 unspecified atom stereocenters. The van der Waals surface area contributed by atoms with E-state index in [2.05, 4.69) is 12.2 Å². The summed E-state index contributed by atoms with van der Waals surface area (Å²) in [6.07, 6.45) is 5.74. The van der Waals surface area contributed by atoms with Gasteiger partial charge in [0.1, 0.15) is 0 Å².